The van der Waals surface area contributed by atoms with E-state index in [4.69, 9.17) is 0 Å². The molecule has 3 amide bonds. The van der Waals surface area contributed by atoms with Crippen molar-refractivity contribution >= 4 is 23.4 Å². The first-order valence-corrected chi connectivity index (χ1v) is 9.09. The van der Waals surface area contributed by atoms with E-state index in [1.807, 2.05) is 35.9 Å². The summed E-state index contributed by atoms with van der Waals surface area (Å²) in [6.45, 7) is 2.28. The van der Waals surface area contributed by atoms with Crippen LogP contribution in [0.1, 0.15) is 34.5 Å². The fourth-order valence-electron chi connectivity index (χ4n) is 3.91. The lowest BCUT2D eigenvalue weighted by Crippen LogP contribution is -2.52. The van der Waals surface area contributed by atoms with E-state index in [0.717, 1.165) is 28.2 Å². The highest BCUT2D eigenvalue weighted by atomic mass is 16.2. The van der Waals surface area contributed by atoms with Gasteiger partial charge >= 0.3 is 0 Å². The average Bonchev–Trinajstić information content (AvgIpc) is 3.20. The quantitative estimate of drug-likeness (QED) is 0.684. The van der Waals surface area contributed by atoms with Crippen LogP contribution in [0.15, 0.2) is 36.8 Å². The number of nitrogens with zero attached hydrogens (tertiary/aromatic N) is 4. The highest BCUT2D eigenvalue weighted by molar-refractivity contribution is 6.05. The molecule has 1 N–H and O–H groups in total. The number of amides is 3. The van der Waals surface area contributed by atoms with Gasteiger partial charge in [0.15, 0.2) is 5.65 Å². The Morgan fingerprint density at radius 2 is 2.04 bits per heavy atom. The van der Waals surface area contributed by atoms with Crippen molar-refractivity contribution in [2.75, 3.05) is 0 Å². The van der Waals surface area contributed by atoms with Crippen molar-refractivity contribution in [3.63, 3.8) is 0 Å². The molecule has 2 aromatic heterocycles. The molecule has 0 bridgehead atoms. The van der Waals surface area contributed by atoms with Gasteiger partial charge in [-0.3, -0.25) is 24.7 Å². The fourth-order valence-corrected chi connectivity index (χ4v) is 3.91. The van der Waals surface area contributed by atoms with Crippen LogP contribution in [0.4, 0.5) is 0 Å². The predicted molar refractivity (Wildman–Crippen MR) is 99.2 cm³/mol. The van der Waals surface area contributed by atoms with E-state index in [0.29, 0.717) is 18.5 Å². The molecule has 2 aliphatic rings. The van der Waals surface area contributed by atoms with Gasteiger partial charge in [0.2, 0.25) is 11.8 Å². The van der Waals surface area contributed by atoms with Crippen molar-refractivity contribution in [1.29, 1.82) is 0 Å². The number of fused-ring (bicyclic) bond motifs is 2. The molecule has 8 nitrogen and oxygen atoms in total. The maximum absolute atomic E-state index is 12.8. The number of piperidine rings is 1. The molecule has 28 heavy (non-hydrogen) atoms. The number of aryl methyl sites for hydroxylation is 1. The second-order valence-electron chi connectivity index (χ2n) is 7.19. The van der Waals surface area contributed by atoms with Crippen LogP contribution in [0, 0.1) is 6.92 Å². The molecular weight excluding hydrogens is 358 g/mol. The van der Waals surface area contributed by atoms with Crippen molar-refractivity contribution < 1.29 is 14.4 Å². The molecule has 1 aromatic carbocycles. The topological polar surface area (TPSA) is 96.7 Å². The van der Waals surface area contributed by atoms with Crippen LogP contribution in [-0.2, 0) is 16.1 Å². The highest BCUT2D eigenvalue weighted by Crippen LogP contribution is 2.30. The van der Waals surface area contributed by atoms with Crippen LogP contribution < -0.4 is 5.32 Å². The number of benzene rings is 1. The number of aromatic nitrogens is 3. The molecule has 0 radical (unpaired) electrons. The lowest BCUT2D eigenvalue weighted by Gasteiger charge is -2.29. The third kappa shape index (κ3) is 2.57. The van der Waals surface area contributed by atoms with Crippen molar-refractivity contribution in [2.45, 2.75) is 32.4 Å². The van der Waals surface area contributed by atoms with Gasteiger partial charge in [0.25, 0.3) is 5.91 Å². The number of carbonyl (C=O) groups is 3. The van der Waals surface area contributed by atoms with Gasteiger partial charge in [-0.05, 0) is 31.0 Å². The average molecular weight is 375 g/mol. The summed E-state index contributed by atoms with van der Waals surface area (Å²) >= 11 is 0. The zero-order valence-electron chi connectivity index (χ0n) is 15.2. The summed E-state index contributed by atoms with van der Waals surface area (Å²) in [5.41, 5.74) is 4.81. The van der Waals surface area contributed by atoms with E-state index < -0.39 is 11.9 Å². The van der Waals surface area contributed by atoms with Gasteiger partial charge in [0.1, 0.15) is 6.04 Å². The van der Waals surface area contributed by atoms with E-state index >= 15 is 0 Å². The van der Waals surface area contributed by atoms with Crippen LogP contribution in [0.5, 0.6) is 0 Å². The van der Waals surface area contributed by atoms with Gasteiger partial charge in [-0.25, -0.2) is 4.98 Å². The minimum atomic E-state index is -0.607. The van der Waals surface area contributed by atoms with Crippen molar-refractivity contribution in [3.05, 3.63) is 53.6 Å². The summed E-state index contributed by atoms with van der Waals surface area (Å²) in [5, 5.41) is 2.32. The molecule has 1 fully saturated rings. The Morgan fingerprint density at radius 3 is 2.86 bits per heavy atom. The molecule has 2 aliphatic heterocycles. The normalized spacial score (nSPS) is 19.2. The summed E-state index contributed by atoms with van der Waals surface area (Å²) in [7, 11) is 0. The molecule has 1 saturated heterocycles. The Balaban J connectivity index is 1.46. The SMILES string of the molecule is Cc1cn2cc(-c3ccc4c(c3)CN(C3CCC(=O)NC3=O)C4=O)ncc2n1. The summed E-state index contributed by atoms with van der Waals surface area (Å²) in [6, 6.07) is 4.98. The Kier molecular flexibility index (Phi) is 3.55. The van der Waals surface area contributed by atoms with Crippen LogP contribution in [-0.4, -0.2) is 43.0 Å². The molecule has 0 saturated carbocycles. The van der Waals surface area contributed by atoms with Crippen molar-refractivity contribution in [1.82, 2.24) is 24.6 Å². The minimum absolute atomic E-state index is 0.176. The second-order valence-corrected chi connectivity index (χ2v) is 7.19. The first-order chi connectivity index (χ1) is 13.5. The van der Waals surface area contributed by atoms with Crippen molar-refractivity contribution in [2.24, 2.45) is 0 Å². The maximum Gasteiger partial charge on any atom is 0.255 e. The highest BCUT2D eigenvalue weighted by Gasteiger charge is 2.39. The summed E-state index contributed by atoms with van der Waals surface area (Å²) in [6.07, 6.45) is 6.16. The van der Waals surface area contributed by atoms with E-state index in [1.54, 1.807) is 17.2 Å². The number of nitrogens with one attached hydrogen (secondary N) is 1. The molecule has 0 spiro atoms. The van der Waals surface area contributed by atoms with Crippen molar-refractivity contribution in [3.8, 4) is 11.3 Å². The number of hydrogen-bond donors (Lipinski definition) is 1. The Bertz CT molecular complexity index is 1170. The molecule has 0 aliphatic carbocycles. The number of hydrogen-bond acceptors (Lipinski definition) is 5. The van der Waals surface area contributed by atoms with Gasteiger partial charge in [0, 0.05) is 36.5 Å². The molecule has 4 heterocycles. The van der Waals surface area contributed by atoms with Gasteiger partial charge in [-0.2, -0.15) is 0 Å². The lowest BCUT2D eigenvalue weighted by atomic mass is 10.0. The van der Waals surface area contributed by atoms with E-state index in [-0.39, 0.29) is 18.2 Å². The molecular formula is C20H17N5O3. The zero-order chi connectivity index (χ0) is 19.4. The van der Waals surface area contributed by atoms with E-state index in [2.05, 4.69) is 15.3 Å². The standard InChI is InChI=1S/C20H17N5O3/c1-11-8-24-10-15(21-7-17(24)22-11)12-2-3-14-13(6-12)9-25(20(14)28)16-4-5-18(26)23-19(16)27/h2-3,6-8,10,16H,4-5,9H2,1H3,(H,23,26,27). The fraction of sp³-hybridized carbons (Fsp3) is 0.250. The largest absolute Gasteiger partial charge is 0.322 e. The number of imidazole rings is 1. The van der Waals surface area contributed by atoms with Gasteiger partial charge in [-0.15, -0.1) is 0 Å². The summed E-state index contributed by atoms with van der Waals surface area (Å²) in [5.74, 6) is -0.867. The lowest BCUT2D eigenvalue weighted by molar-refractivity contribution is -0.136. The number of carbonyl (C=O) groups excluding carboxylic acids is 3. The maximum atomic E-state index is 12.8. The molecule has 140 valence electrons. The third-order valence-electron chi connectivity index (χ3n) is 5.28. The first kappa shape index (κ1) is 16.6. The minimum Gasteiger partial charge on any atom is -0.322 e. The van der Waals surface area contributed by atoms with E-state index in [9.17, 15) is 14.4 Å². The molecule has 5 rings (SSSR count). The van der Waals surface area contributed by atoms with Gasteiger partial charge in [0.05, 0.1) is 17.6 Å². The van der Waals surface area contributed by atoms with E-state index in [1.165, 1.54) is 0 Å². The smallest absolute Gasteiger partial charge is 0.255 e. The van der Waals surface area contributed by atoms with Crippen LogP contribution in [0.2, 0.25) is 0 Å². The van der Waals surface area contributed by atoms with Crippen LogP contribution in [0.25, 0.3) is 16.9 Å². The van der Waals surface area contributed by atoms with Gasteiger partial charge in [-0.1, -0.05) is 6.07 Å². The summed E-state index contributed by atoms with van der Waals surface area (Å²) < 4.78 is 1.92. The Labute approximate surface area is 160 Å². The first-order valence-electron chi connectivity index (χ1n) is 9.09. The van der Waals surface area contributed by atoms with Crippen LogP contribution in [0.3, 0.4) is 0 Å². The third-order valence-corrected chi connectivity index (χ3v) is 5.28. The molecule has 3 aromatic rings. The zero-order valence-corrected chi connectivity index (χ0v) is 15.2. The monoisotopic (exact) mass is 375 g/mol. The Morgan fingerprint density at radius 1 is 1.18 bits per heavy atom. The molecule has 1 unspecified atom stereocenters. The Hall–Kier alpha value is -3.55. The van der Waals surface area contributed by atoms with Gasteiger partial charge < -0.3 is 9.30 Å². The van der Waals surface area contributed by atoms with Crippen LogP contribution >= 0.6 is 0 Å². The predicted octanol–water partition coefficient (Wildman–Crippen LogP) is 1.47. The number of rotatable bonds is 2. The number of imide groups is 1. The second kappa shape index (κ2) is 5.98. The molecule has 8 heteroatoms. The summed E-state index contributed by atoms with van der Waals surface area (Å²) in [4.78, 5) is 46.7. The molecule has 1 atom stereocenters.